The number of methoxy groups -OCH3 is 2. The molecule has 172 valence electrons. The van der Waals surface area contributed by atoms with Crippen LogP contribution in [-0.2, 0) is 11.2 Å². The minimum atomic E-state index is -0.355. The molecule has 1 fully saturated rings. The number of carbonyl (C=O) groups excluding carboxylic acids is 1. The second-order valence-corrected chi connectivity index (χ2v) is 11.0. The number of hydrogen-bond donors (Lipinski definition) is 0. The summed E-state index contributed by atoms with van der Waals surface area (Å²) in [4.78, 5) is 13.0. The summed E-state index contributed by atoms with van der Waals surface area (Å²) in [5.74, 6) is 3.22. The highest BCUT2D eigenvalue weighted by atomic mass is 32.2. The van der Waals surface area contributed by atoms with Crippen LogP contribution in [0.15, 0.2) is 37.4 Å². The van der Waals surface area contributed by atoms with Crippen molar-refractivity contribution in [3.8, 4) is 11.5 Å². The van der Waals surface area contributed by atoms with Gasteiger partial charge in [0.25, 0.3) is 0 Å². The van der Waals surface area contributed by atoms with Crippen molar-refractivity contribution in [2.45, 2.75) is 62.1 Å². The molecule has 1 aromatic carbocycles. The molecule has 1 unspecified atom stereocenters. The van der Waals surface area contributed by atoms with Crippen molar-refractivity contribution in [3.63, 3.8) is 0 Å². The van der Waals surface area contributed by atoms with Crippen LogP contribution in [0, 0.1) is 0 Å². The Morgan fingerprint density at radius 1 is 1.16 bits per heavy atom. The van der Waals surface area contributed by atoms with Gasteiger partial charge in [-0.05, 0) is 75.0 Å². The van der Waals surface area contributed by atoms with Crippen LogP contribution in [0.2, 0.25) is 0 Å². The van der Waals surface area contributed by atoms with E-state index in [-0.39, 0.29) is 16.2 Å². The van der Waals surface area contributed by atoms with Gasteiger partial charge in [-0.25, -0.2) is 4.79 Å². The van der Waals surface area contributed by atoms with E-state index in [1.165, 1.54) is 17.9 Å². The first kappa shape index (κ1) is 25.7. The quantitative estimate of drug-likeness (QED) is 0.240. The van der Waals surface area contributed by atoms with Gasteiger partial charge in [-0.1, -0.05) is 12.2 Å². The Bertz CT molecular complexity index is 741. The fraction of sp³-hybridized carbons (Fsp3) is 0.560. The summed E-state index contributed by atoms with van der Waals surface area (Å²) in [6.07, 6.45) is 10.7. The number of hydrogen-bond acceptors (Lipinski definition) is 6. The van der Waals surface area contributed by atoms with Gasteiger partial charge in [0.2, 0.25) is 0 Å². The molecular weight excluding hydrogens is 428 g/mol. The normalized spacial score (nSPS) is 16.2. The van der Waals surface area contributed by atoms with Gasteiger partial charge >= 0.3 is 5.97 Å². The van der Waals surface area contributed by atoms with E-state index in [1.807, 2.05) is 19.1 Å². The summed E-state index contributed by atoms with van der Waals surface area (Å²) in [6, 6.07) is 3.56. The van der Waals surface area contributed by atoms with Gasteiger partial charge < -0.3 is 14.2 Å². The molecule has 1 heterocycles. The van der Waals surface area contributed by atoms with E-state index >= 15 is 0 Å². The summed E-state index contributed by atoms with van der Waals surface area (Å²) < 4.78 is 16.9. The van der Waals surface area contributed by atoms with Crippen molar-refractivity contribution in [1.82, 2.24) is 0 Å². The maximum absolute atomic E-state index is 13.0. The number of esters is 1. The van der Waals surface area contributed by atoms with Gasteiger partial charge in [-0.15, -0.1) is 36.7 Å². The van der Waals surface area contributed by atoms with E-state index < -0.39 is 0 Å². The van der Waals surface area contributed by atoms with Crippen LogP contribution >= 0.6 is 23.5 Å². The lowest BCUT2D eigenvalue weighted by molar-refractivity contribution is 0.0314. The molecule has 0 bridgehead atoms. The van der Waals surface area contributed by atoms with Gasteiger partial charge in [0.05, 0.1) is 24.4 Å². The summed E-state index contributed by atoms with van der Waals surface area (Å²) >= 11 is 4.20. The van der Waals surface area contributed by atoms with E-state index in [4.69, 9.17) is 14.2 Å². The van der Waals surface area contributed by atoms with Gasteiger partial charge in [0.1, 0.15) is 17.1 Å². The first-order chi connectivity index (χ1) is 15.0. The molecule has 6 heteroatoms. The fourth-order valence-corrected chi connectivity index (χ4v) is 7.22. The molecule has 1 atom stereocenters. The molecular formula is C25H36O4S2. The number of carbonyl (C=O) groups is 1. The molecule has 31 heavy (non-hydrogen) atoms. The summed E-state index contributed by atoms with van der Waals surface area (Å²) in [5, 5.41) is 0. The lowest BCUT2D eigenvalue weighted by atomic mass is 10.0. The third kappa shape index (κ3) is 7.53. The van der Waals surface area contributed by atoms with E-state index in [0.717, 1.165) is 37.7 Å². The fourth-order valence-electron chi connectivity index (χ4n) is 3.78. The molecule has 0 N–H and O–H groups in total. The topological polar surface area (TPSA) is 44.8 Å². The number of allylic oxidation sites excluding steroid dienone is 2. The molecule has 1 saturated heterocycles. The third-order valence-corrected chi connectivity index (χ3v) is 8.97. The van der Waals surface area contributed by atoms with Crippen LogP contribution in [0.1, 0.15) is 61.4 Å². The molecule has 4 nitrogen and oxygen atoms in total. The maximum atomic E-state index is 13.0. The van der Waals surface area contributed by atoms with Crippen molar-refractivity contribution in [2.75, 3.05) is 25.7 Å². The van der Waals surface area contributed by atoms with Gasteiger partial charge in [0, 0.05) is 6.07 Å². The van der Waals surface area contributed by atoms with E-state index in [2.05, 4.69) is 36.7 Å². The summed E-state index contributed by atoms with van der Waals surface area (Å²) in [5.41, 5.74) is 1.25. The SMILES string of the molecule is C=CCCC1(CCCC(C)OC(=O)c2c(CC=C)cc(OC)cc2OC)SCCCS1. The van der Waals surface area contributed by atoms with Crippen LogP contribution < -0.4 is 9.47 Å². The molecule has 0 aromatic heterocycles. The zero-order chi connectivity index (χ0) is 22.7. The number of rotatable bonds is 13. The Hall–Kier alpha value is -1.53. The summed E-state index contributed by atoms with van der Waals surface area (Å²) in [6.45, 7) is 9.66. The van der Waals surface area contributed by atoms with E-state index in [9.17, 15) is 4.79 Å². The minimum Gasteiger partial charge on any atom is -0.497 e. The van der Waals surface area contributed by atoms with Gasteiger partial charge in [-0.3, -0.25) is 0 Å². The first-order valence-electron chi connectivity index (χ1n) is 10.9. The highest BCUT2D eigenvalue weighted by Gasteiger charge is 2.32. The third-order valence-electron chi connectivity index (χ3n) is 5.41. The van der Waals surface area contributed by atoms with Crippen LogP contribution in [0.25, 0.3) is 0 Å². The number of thioether (sulfide) groups is 2. The van der Waals surface area contributed by atoms with Gasteiger partial charge in [0.15, 0.2) is 0 Å². The first-order valence-corrected chi connectivity index (χ1v) is 12.9. The van der Waals surface area contributed by atoms with Crippen molar-refractivity contribution < 1.29 is 19.0 Å². The number of ether oxygens (including phenoxy) is 3. The molecule has 0 spiro atoms. The van der Waals surface area contributed by atoms with Crippen LogP contribution in [0.3, 0.4) is 0 Å². The molecule has 1 aliphatic heterocycles. The highest BCUT2D eigenvalue weighted by molar-refractivity contribution is 8.18. The molecule has 1 aromatic rings. The number of benzene rings is 1. The minimum absolute atomic E-state index is 0.161. The van der Waals surface area contributed by atoms with Crippen LogP contribution in [-0.4, -0.2) is 41.9 Å². The highest BCUT2D eigenvalue weighted by Crippen LogP contribution is 2.49. The molecule has 1 aliphatic rings. The van der Waals surface area contributed by atoms with Crippen molar-refractivity contribution in [1.29, 1.82) is 0 Å². The second-order valence-electron chi connectivity index (χ2n) is 7.75. The second kappa shape index (κ2) is 13.1. The molecule has 0 radical (unpaired) electrons. The Balaban J connectivity index is 2.00. The van der Waals surface area contributed by atoms with Crippen LogP contribution in [0.5, 0.6) is 11.5 Å². The average molecular weight is 465 g/mol. The van der Waals surface area contributed by atoms with Crippen LogP contribution in [0.4, 0.5) is 0 Å². The van der Waals surface area contributed by atoms with Crippen molar-refractivity contribution in [3.05, 3.63) is 48.6 Å². The largest absolute Gasteiger partial charge is 0.497 e. The van der Waals surface area contributed by atoms with Crippen molar-refractivity contribution >= 4 is 29.5 Å². The lowest BCUT2D eigenvalue weighted by Gasteiger charge is -2.36. The molecule has 0 saturated carbocycles. The zero-order valence-electron chi connectivity index (χ0n) is 19.1. The molecule has 0 aliphatic carbocycles. The Morgan fingerprint density at radius 2 is 1.90 bits per heavy atom. The van der Waals surface area contributed by atoms with Crippen molar-refractivity contribution in [2.24, 2.45) is 0 Å². The lowest BCUT2D eigenvalue weighted by Crippen LogP contribution is -2.26. The monoisotopic (exact) mass is 464 g/mol. The predicted molar refractivity (Wildman–Crippen MR) is 134 cm³/mol. The average Bonchev–Trinajstić information content (AvgIpc) is 2.77. The van der Waals surface area contributed by atoms with E-state index in [0.29, 0.717) is 23.5 Å². The Kier molecular flexibility index (Phi) is 10.9. The Morgan fingerprint density at radius 3 is 2.52 bits per heavy atom. The molecule has 2 rings (SSSR count). The maximum Gasteiger partial charge on any atom is 0.342 e. The zero-order valence-corrected chi connectivity index (χ0v) is 20.7. The standard InChI is InChI=1S/C25H36O4S2/c1-6-8-13-25(30-15-10-16-31-25)14-9-12-19(3)29-24(26)23-20(11-7-2)17-21(27-4)18-22(23)28-5/h6-7,17-19H,1-2,8-16H2,3-5H3. The van der Waals surface area contributed by atoms with Gasteiger partial charge in [-0.2, -0.15) is 0 Å². The summed E-state index contributed by atoms with van der Waals surface area (Å²) in [7, 11) is 3.14. The predicted octanol–water partition coefficient (Wildman–Crippen LogP) is 6.68. The Labute approximate surface area is 196 Å². The molecule has 0 amide bonds. The van der Waals surface area contributed by atoms with E-state index in [1.54, 1.807) is 26.4 Å². The smallest absolute Gasteiger partial charge is 0.342 e.